The fraction of sp³-hybridized carbons (Fsp3) is 0.956. The smallest absolute Gasteiger partial charge is 0.462 e. The summed E-state index contributed by atoms with van der Waals surface area (Å²) in [4.78, 5) is 73.4. The van der Waals surface area contributed by atoms with Crippen molar-refractivity contribution < 1.29 is 80.2 Å². The van der Waals surface area contributed by atoms with Crippen LogP contribution in [0.1, 0.15) is 485 Å². The molecule has 0 radical (unpaired) electrons. The summed E-state index contributed by atoms with van der Waals surface area (Å²) < 4.78 is 69.1. The SMILES string of the molecule is CCCCCCCCCCCCCCCCCCCCCCCCC(=O)O[C@H](COC(=O)CCCCCCCCCCCCCCCCCC(C)C)COP(=O)(O)OC[C@@H](O)COP(=O)(O)OC[C@@H](COC(=O)CCCCCCCCCCCCCCC)OC(=O)CCCCCCCCCCCCCCCC(C)C. The number of carbonyl (C=O) groups is 4. The van der Waals surface area contributed by atoms with Crippen LogP contribution in [0.5, 0.6) is 0 Å². The molecule has 0 spiro atoms. The minimum atomic E-state index is -4.97. The molecule has 0 saturated heterocycles. The summed E-state index contributed by atoms with van der Waals surface area (Å²) in [6, 6.07) is 0. The predicted molar refractivity (Wildman–Crippen MR) is 451 cm³/mol. The number of rotatable bonds is 89. The molecule has 0 fully saturated rings. The van der Waals surface area contributed by atoms with Crippen LogP contribution in [0.4, 0.5) is 0 Å². The molecule has 0 aromatic carbocycles. The molecule has 19 heteroatoms. The molecular formula is C90H176O17P2. The third-order valence-corrected chi connectivity index (χ3v) is 23.1. The van der Waals surface area contributed by atoms with Crippen LogP contribution >= 0.6 is 15.6 Å². The van der Waals surface area contributed by atoms with Crippen molar-refractivity contribution >= 4 is 39.5 Å². The van der Waals surface area contributed by atoms with E-state index in [0.717, 1.165) is 102 Å². The third-order valence-electron chi connectivity index (χ3n) is 21.2. The van der Waals surface area contributed by atoms with Gasteiger partial charge in [-0.1, -0.05) is 433 Å². The number of esters is 4. The molecule has 0 aliphatic carbocycles. The second-order valence-electron chi connectivity index (χ2n) is 33.3. The zero-order chi connectivity index (χ0) is 79.9. The summed E-state index contributed by atoms with van der Waals surface area (Å²) >= 11 is 0. The first-order valence-electron chi connectivity index (χ1n) is 46.5. The molecule has 0 heterocycles. The topological polar surface area (TPSA) is 237 Å². The number of hydrogen-bond donors (Lipinski definition) is 3. The average Bonchev–Trinajstić information content (AvgIpc) is 0.899. The molecule has 0 aliphatic heterocycles. The summed E-state index contributed by atoms with van der Waals surface area (Å²) in [5, 5.41) is 10.7. The number of carbonyl (C=O) groups excluding carboxylic acids is 4. The van der Waals surface area contributed by atoms with Gasteiger partial charge in [0, 0.05) is 25.7 Å². The van der Waals surface area contributed by atoms with E-state index in [1.807, 2.05) is 0 Å². The Kier molecular flexibility index (Phi) is 79.8. The summed E-state index contributed by atoms with van der Waals surface area (Å²) in [5.74, 6) is -0.503. The van der Waals surface area contributed by atoms with Gasteiger partial charge in [0.1, 0.15) is 19.3 Å². The largest absolute Gasteiger partial charge is 0.472 e. The molecule has 3 N–H and O–H groups in total. The van der Waals surface area contributed by atoms with Crippen LogP contribution < -0.4 is 0 Å². The van der Waals surface area contributed by atoms with Crippen LogP contribution in [0, 0.1) is 11.8 Å². The zero-order valence-corrected chi connectivity index (χ0v) is 73.7. The molecule has 0 bridgehead atoms. The molecule has 0 aromatic heterocycles. The number of phosphoric ester groups is 2. The number of aliphatic hydroxyl groups excluding tert-OH is 1. The van der Waals surface area contributed by atoms with Crippen molar-refractivity contribution in [3.8, 4) is 0 Å². The van der Waals surface area contributed by atoms with E-state index in [-0.39, 0.29) is 25.7 Å². The lowest BCUT2D eigenvalue weighted by Crippen LogP contribution is -2.30. The van der Waals surface area contributed by atoms with E-state index in [1.54, 1.807) is 0 Å². The van der Waals surface area contributed by atoms with Crippen molar-refractivity contribution in [1.82, 2.24) is 0 Å². The van der Waals surface area contributed by atoms with Crippen LogP contribution in [0.25, 0.3) is 0 Å². The van der Waals surface area contributed by atoms with E-state index >= 15 is 0 Å². The Morgan fingerprint density at radius 3 is 0.624 bits per heavy atom. The molecule has 0 aromatic rings. The van der Waals surface area contributed by atoms with Gasteiger partial charge in [-0.25, -0.2) is 9.13 Å². The number of hydrogen-bond acceptors (Lipinski definition) is 15. The summed E-state index contributed by atoms with van der Waals surface area (Å²) in [6.45, 7) is 9.74. The van der Waals surface area contributed by atoms with E-state index < -0.39 is 97.5 Å². The van der Waals surface area contributed by atoms with Gasteiger partial charge in [-0.05, 0) is 37.5 Å². The fourth-order valence-corrected chi connectivity index (χ4v) is 15.7. The van der Waals surface area contributed by atoms with E-state index in [9.17, 15) is 43.2 Å². The molecule has 5 atom stereocenters. The maximum absolute atomic E-state index is 13.2. The monoisotopic (exact) mass is 1590 g/mol. The van der Waals surface area contributed by atoms with Crippen LogP contribution in [-0.2, 0) is 65.4 Å². The third kappa shape index (κ3) is 83.8. The summed E-state index contributed by atoms with van der Waals surface area (Å²) in [5.41, 5.74) is 0. The Balaban J connectivity index is 5.25. The number of unbranched alkanes of at least 4 members (excludes halogenated alkanes) is 59. The highest BCUT2D eigenvalue weighted by Crippen LogP contribution is 2.45. The molecule has 0 amide bonds. The van der Waals surface area contributed by atoms with Gasteiger partial charge < -0.3 is 33.8 Å². The first kappa shape index (κ1) is 107. The van der Waals surface area contributed by atoms with Crippen molar-refractivity contribution in [2.75, 3.05) is 39.6 Å². The fourth-order valence-electron chi connectivity index (χ4n) is 14.1. The lowest BCUT2D eigenvalue weighted by Gasteiger charge is -2.21. The van der Waals surface area contributed by atoms with Gasteiger partial charge in [0.2, 0.25) is 0 Å². The second kappa shape index (κ2) is 81.2. The first-order valence-corrected chi connectivity index (χ1v) is 49.5. The summed E-state index contributed by atoms with van der Waals surface area (Å²) in [7, 11) is -9.93. The van der Waals surface area contributed by atoms with Crippen molar-refractivity contribution in [3.05, 3.63) is 0 Å². The molecule has 0 saturated carbocycles. The minimum absolute atomic E-state index is 0.108. The van der Waals surface area contributed by atoms with Crippen molar-refractivity contribution in [2.45, 2.75) is 503 Å². The molecular weight excluding hydrogens is 1410 g/mol. The van der Waals surface area contributed by atoms with Gasteiger partial charge in [0.05, 0.1) is 26.4 Å². The Hall–Kier alpha value is -1.94. The number of ether oxygens (including phenoxy) is 4. The van der Waals surface area contributed by atoms with Gasteiger partial charge in [-0.15, -0.1) is 0 Å². The van der Waals surface area contributed by atoms with E-state index in [1.165, 1.54) is 302 Å². The molecule has 109 heavy (non-hydrogen) atoms. The molecule has 2 unspecified atom stereocenters. The van der Waals surface area contributed by atoms with Crippen LogP contribution in [0.2, 0.25) is 0 Å². The van der Waals surface area contributed by atoms with Gasteiger partial charge in [0.15, 0.2) is 12.2 Å². The van der Waals surface area contributed by atoms with Crippen molar-refractivity contribution in [3.63, 3.8) is 0 Å². The van der Waals surface area contributed by atoms with Crippen molar-refractivity contribution in [2.24, 2.45) is 11.8 Å². The van der Waals surface area contributed by atoms with E-state index in [4.69, 9.17) is 37.0 Å². The predicted octanol–water partition coefficient (Wildman–Crippen LogP) is 27.8. The molecule has 0 aliphatic rings. The lowest BCUT2D eigenvalue weighted by molar-refractivity contribution is -0.161. The summed E-state index contributed by atoms with van der Waals surface area (Å²) in [6.07, 6.45) is 75.0. The van der Waals surface area contributed by atoms with Crippen LogP contribution in [0.15, 0.2) is 0 Å². The zero-order valence-electron chi connectivity index (χ0n) is 71.9. The number of phosphoric acid groups is 2. The highest BCUT2D eigenvalue weighted by Gasteiger charge is 2.31. The number of aliphatic hydroxyl groups is 1. The Morgan fingerprint density at radius 2 is 0.422 bits per heavy atom. The maximum atomic E-state index is 13.2. The van der Waals surface area contributed by atoms with Gasteiger partial charge in [-0.3, -0.25) is 37.3 Å². The highest BCUT2D eigenvalue weighted by atomic mass is 31.2. The minimum Gasteiger partial charge on any atom is -0.462 e. The Morgan fingerprint density at radius 1 is 0.248 bits per heavy atom. The van der Waals surface area contributed by atoms with E-state index in [0.29, 0.717) is 25.7 Å². The molecule has 0 rings (SSSR count). The van der Waals surface area contributed by atoms with E-state index in [2.05, 4.69) is 41.5 Å². The normalized spacial score (nSPS) is 13.8. The van der Waals surface area contributed by atoms with Crippen molar-refractivity contribution in [1.29, 1.82) is 0 Å². The van der Waals surface area contributed by atoms with Crippen LogP contribution in [-0.4, -0.2) is 96.7 Å². The first-order chi connectivity index (χ1) is 52.9. The Labute approximate surface area is 670 Å². The van der Waals surface area contributed by atoms with Gasteiger partial charge in [-0.2, -0.15) is 0 Å². The van der Waals surface area contributed by atoms with Gasteiger partial charge in [0.25, 0.3) is 0 Å². The molecule has 648 valence electrons. The maximum Gasteiger partial charge on any atom is 0.472 e. The van der Waals surface area contributed by atoms with Crippen LogP contribution in [0.3, 0.4) is 0 Å². The quantitative estimate of drug-likeness (QED) is 0.0222. The highest BCUT2D eigenvalue weighted by molar-refractivity contribution is 7.47. The second-order valence-corrected chi connectivity index (χ2v) is 36.2. The lowest BCUT2D eigenvalue weighted by atomic mass is 10.0. The standard InChI is InChI=1S/C90H176O17P2/c1-7-9-11-13-15-17-19-21-22-23-24-25-26-27-28-31-38-44-50-56-62-68-74-89(94)106-86(79-101-88(93)73-67-61-55-49-43-37-32-29-30-35-40-46-52-58-64-70-82(3)4)81-105-109(98,99)103-77-84(91)76-102-108(96,97)104-80-85(78-100-87(92)72-66-60-54-48-42-34-20-18-16-14-12-10-8-2)107-90(95)75-69-63-57-51-45-39-33-36-41-47-53-59-65-71-83(5)6/h82-86,91H,7-81H2,1-6H3,(H,96,97)(H,98,99)/t84-,85+,86+/m0/s1. The molecule has 17 nitrogen and oxygen atoms in total. The van der Waals surface area contributed by atoms with Gasteiger partial charge >= 0.3 is 39.5 Å². The Bertz CT molecular complexity index is 2080. The average molecular weight is 1590 g/mol.